The van der Waals surface area contributed by atoms with Crippen molar-refractivity contribution in [3.05, 3.63) is 0 Å². The lowest BCUT2D eigenvalue weighted by molar-refractivity contribution is 0.182. The van der Waals surface area contributed by atoms with Gasteiger partial charge in [-0.2, -0.15) is 0 Å². The van der Waals surface area contributed by atoms with Crippen LogP contribution in [0, 0.1) is 0 Å². The van der Waals surface area contributed by atoms with Gasteiger partial charge in [0.05, 0.1) is 11.9 Å². The van der Waals surface area contributed by atoms with Crippen LogP contribution < -0.4 is 5.32 Å². The first-order valence-electron chi connectivity index (χ1n) is 4.74. The minimum absolute atomic E-state index is 0.169. The zero-order valence-corrected chi connectivity index (χ0v) is 7.71. The Bertz CT molecular complexity index is 155. The first kappa shape index (κ1) is 9.52. The smallest absolute Gasteiger partial charge is 0.0963 e. The van der Waals surface area contributed by atoms with E-state index in [2.05, 4.69) is 10.3 Å². The van der Waals surface area contributed by atoms with Crippen LogP contribution in [0.1, 0.15) is 32.6 Å². The summed E-state index contributed by atoms with van der Waals surface area (Å²) in [5.41, 5.74) is 0. The summed E-state index contributed by atoms with van der Waals surface area (Å²) in [5, 5.41) is 12.3. The van der Waals surface area contributed by atoms with Crippen LogP contribution in [-0.4, -0.2) is 30.1 Å². The van der Waals surface area contributed by atoms with Crippen molar-refractivity contribution in [1.29, 1.82) is 0 Å². The normalized spacial score (nSPS) is 19.0. The molecule has 1 aliphatic rings. The van der Waals surface area contributed by atoms with Crippen LogP contribution in [0.2, 0.25) is 0 Å². The molecule has 0 radical (unpaired) electrons. The second-order valence-electron chi connectivity index (χ2n) is 3.35. The van der Waals surface area contributed by atoms with Gasteiger partial charge in [0.25, 0.3) is 0 Å². The van der Waals surface area contributed by atoms with Gasteiger partial charge >= 0.3 is 0 Å². The van der Waals surface area contributed by atoms with E-state index in [4.69, 9.17) is 5.11 Å². The Morgan fingerprint density at radius 3 is 3.08 bits per heavy atom. The lowest BCUT2D eigenvalue weighted by Crippen LogP contribution is -2.23. The highest BCUT2D eigenvalue weighted by molar-refractivity contribution is 5.83. The molecule has 0 amide bonds. The molecule has 0 bridgehead atoms. The van der Waals surface area contributed by atoms with Crippen molar-refractivity contribution >= 4 is 5.84 Å². The number of aliphatic imine (C=N–C) groups is 1. The van der Waals surface area contributed by atoms with Gasteiger partial charge in [0.1, 0.15) is 0 Å². The van der Waals surface area contributed by atoms with Gasteiger partial charge in [-0.05, 0) is 26.2 Å². The Balaban J connectivity index is 1.95. The highest BCUT2D eigenvalue weighted by Crippen LogP contribution is 2.01. The Morgan fingerprint density at radius 1 is 1.67 bits per heavy atom. The highest BCUT2D eigenvalue weighted by Gasteiger charge is 2.04. The molecule has 0 aromatic rings. The number of aliphatic hydroxyl groups is 1. The van der Waals surface area contributed by atoms with Crippen molar-refractivity contribution in [2.75, 3.05) is 13.1 Å². The molecule has 3 nitrogen and oxygen atoms in total. The molecule has 0 spiro atoms. The van der Waals surface area contributed by atoms with Crippen molar-refractivity contribution in [3.63, 3.8) is 0 Å². The number of nitrogens with zero attached hydrogens (tertiary/aromatic N) is 1. The average molecular weight is 170 g/mol. The second-order valence-corrected chi connectivity index (χ2v) is 3.35. The Kier molecular flexibility index (Phi) is 4.08. The molecule has 0 saturated carbocycles. The quantitative estimate of drug-likeness (QED) is 0.616. The maximum absolute atomic E-state index is 8.99. The fraction of sp³-hybridized carbons (Fsp3) is 0.889. The second kappa shape index (κ2) is 5.14. The van der Waals surface area contributed by atoms with E-state index in [1.807, 2.05) is 6.92 Å². The molecule has 0 aromatic carbocycles. The number of hydrogen-bond donors (Lipinski definition) is 2. The summed E-state index contributed by atoms with van der Waals surface area (Å²) >= 11 is 0. The van der Waals surface area contributed by atoms with Crippen molar-refractivity contribution in [3.8, 4) is 0 Å². The summed E-state index contributed by atoms with van der Waals surface area (Å²) in [6.07, 6.45) is 4.03. The van der Waals surface area contributed by atoms with Crippen molar-refractivity contribution in [1.82, 2.24) is 5.32 Å². The Labute approximate surface area is 73.9 Å². The van der Waals surface area contributed by atoms with E-state index in [1.165, 1.54) is 6.42 Å². The van der Waals surface area contributed by atoms with Gasteiger partial charge in [-0.1, -0.05) is 0 Å². The van der Waals surface area contributed by atoms with Gasteiger partial charge in [0, 0.05) is 19.5 Å². The average Bonchev–Trinajstić information content (AvgIpc) is 2.49. The van der Waals surface area contributed by atoms with Crippen molar-refractivity contribution < 1.29 is 5.11 Å². The lowest BCUT2D eigenvalue weighted by atomic mass is 10.2. The SMILES string of the molecule is CC(O)CCCNC1=NCCC1. The zero-order chi connectivity index (χ0) is 8.81. The summed E-state index contributed by atoms with van der Waals surface area (Å²) < 4.78 is 0. The molecular weight excluding hydrogens is 152 g/mol. The third-order valence-electron chi connectivity index (χ3n) is 2.00. The standard InChI is InChI=1S/C9H18N2O/c1-8(12)4-2-6-10-9-5-3-7-11-9/h8,12H,2-7H2,1H3,(H,10,11). The number of nitrogens with one attached hydrogen (secondary N) is 1. The molecule has 0 saturated heterocycles. The molecule has 1 heterocycles. The Hall–Kier alpha value is -0.570. The minimum Gasteiger partial charge on any atom is -0.393 e. The molecule has 1 rings (SSSR count). The molecule has 1 unspecified atom stereocenters. The topological polar surface area (TPSA) is 44.6 Å². The highest BCUT2D eigenvalue weighted by atomic mass is 16.3. The summed E-state index contributed by atoms with van der Waals surface area (Å²) in [6.45, 7) is 3.76. The number of rotatable bonds is 4. The first-order chi connectivity index (χ1) is 5.79. The molecule has 0 aliphatic carbocycles. The third kappa shape index (κ3) is 3.72. The van der Waals surface area contributed by atoms with Gasteiger partial charge < -0.3 is 10.4 Å². The molecule has 12 heavy (non-hydrogen) atoms. The van der Waals surface area contributed by atoms with Crippen LogP contribution in [0.25, 0.3) is 0 Å². The molecule has 1 aliphatic heterocycles. The van der Waals surface area contributed by atoms with Gasteiger partial charge in [0.2, 0.25) is 0 Å². The van der Waals surface area contributed by atoms with E-state index in [0.717, 1.165) is 38.2 Å². The zero-order valence-electron chi connectivity index (χ0n) is 7.71. The van der Waals surface area contributed by atoms with Crippen molar-refractivity contribution in [2.24, 2.45) is 4.99 Å². The fourth-order valence-corrected chi connectivity index (χ4v) is 1.31. The molecule has 1 atom stereocenters. The predicted octanol–water partition coefficient (Wildman–Crippen LogP) is 0.929. The largest absolute Gasteiger partial charge is 0.393 e. The van der Waals surface area contributed by atoms with E-state index in [-0.39, 0.29) is 6.10 Å². The maximum atomic E-state index is 8.99. The molecule has 3 heteroatoms. The van der Waals surface area contributed by atoms with E-state index in [1.54, 1.807) is 0 Å². The summed E-state index contributed by atoms with van der Waals surface area (Å²) in [4.78, 5) is 4.30. The van der Waals surface area contributed by atoms with Crippen LogP contribution in [0.5, 0.6) is 0 Å². The van der Waals surface area contributed by atoms with Gasteiger partial charge in [-0.3, -0.25) is 4.99 Å². The van der Waals surface area contributed by atoms with E-state index < -0.39 is 0 Å². The van der Waals surface area contributed by atoms with E-state index in [0.29, 0.717) is 0 Å². The van der Waals surface area contributed by atoms with Crippen LogP contribution in [-0.2, 0) is 0 Å². The summed E-state index contributed by atoms with van der Waals surface area (Å²) in [5.74, 6) is 1.15. The summed E-state index contributed by atoms with van der Waals surface area (Å²) in [7, 11) is 0. The Morgan fingerprint density at radius 2 is 2.50 bits per heavy atom. The minimum atomic E-state index is -0.169. The first-order valence-corrected chi connectivity index (χ1v) is 4.74. The monoisotopic (exact) mass is 170 g/mol. The van der Waals surface area contributed by atoms with Gasteiger partial charge in [-0.15, -0.1) is 0 Å². The maximum Gasteiger partial charge on any atom is 0.0963 e. The van der Waals surface area contributed by atoms with Gasteiger partial charge in [0.15, 0.2) is 0 Å². The molecule has 2 N–H and O–H groups in total. The van der Waals surface area contributed by atoms with E-state index >= 15 is 0 Å². The molecular formula is C9H18N2O. The van der Waals surface area contributed by atoms with Crippen LogP contribution >= 0.6 is 0 Å². The number of hydrogen-bond acceptors (Lipinski definition) is 3. The molecule has 0 aromatic heterocycles. The van der Waals surface area contributed by atoms with Gasteiger partial charge in [-0.25, -0.2) is 0 Å². The molecule has 0 fully saturated rings. The van der Waals surface area contributed by atoms with E-state index in [9.17, 15) is 0 Å². The van der Waals surface area contributed by atoms with Crippen LogP contribution in [0.3, 0.4) is 0 Å². The number of aliphatic hydroxyl groups excluding tert-OH is 1. The summed E-state index contributed by atoms with van der Waals surface area (Å²) in [6, 6.07) is 0. The molecule has 70 valence electrons. The fourth-order valence-electron chi connectivity index (χ4n) is 1.31. The van der Waals surface area contributed by atoms with Crippen LogP contribution in [0.15, 0.2) is 4.99 Å². The third-order valence-corrected chi connectivity index (χ3v) is 2.00. The lowest BCUT2D eigenvalue weighted by Gasteiger charge is -2.06. The predicted molar refractivity (Wildman–Crippen MR) is 50.5 cm³/mol. The van der Waals surface area contributed by atoms with Crippen LogP contribution in [0.4, 0.5) is 0 Å². The number of amidine groups is 1. The van der Waals surface area contributed by atoms with Crippen molar-refractivity contribution in [2.45, 2.75) is 38.7 Å².